The van der Waals surface area contributed by atoms with E-state index in [2.05, 4.69) is 79.3 Å². The molecule has 1 aliphatic rings. The molecule has 4 rings (SSSR count). The minimum Gasteiger partial charge on any atom is -0.379 e. The zero-order valence-electron chi connectivity index (χ0n) is 27.9. The molecule has 12 nitrogen and oxygen atoms in total. The summed E-state index contributed by atoms with van der Waals surface area (Å²) in [5.41, 5.74) is 23.4. The molecule has 0 aliphatic carbocycles. The monoisotopic (exact) mass is 649 g/mol. The van der Waals surface area contributed by atoms with Crippen LogP contribution in [0.5, 0.6) is 0 Å². The number of benzene rings is 3. The number of ether oxygens (including phenoxy) is 3. The summed E-state index contributed by atoms with van der Waals surface area (Å²) >= 11 is 0. The number of rotatable bonds is 10. The van der Waals surface area contributed by atoms with Gasteiger partial charge in [-0.1, -0.05) is 48.5 Å². The van der Waals surface area contributed by atoms with Crippen molar-refractivity contribution in [1.29, 1.82) is 0 Å². The first-order chi connectivity index (χ1) is 23.0. The first-order valence-electron chi connectivity index (χ1n) is 16.9. The van der Waals surface area contributed by atoms with Gasteiger partial charge in [0.05, 0.1) is 39.6 Å². The maximum Gasteiger partial charge on any atom is 0.185 e. The van der Waals surface area contributed by atoms with E-state index in [-0.39, 0.29) is 11.9 Å². The largest absolute Gasteiger partial charge is 0.379 e. The van der Waals surface area contributed by atoms with Crippen molar-refractivity contribution in [3.63, 3.8) is 0 Å². The zero-order chi connectivity index (χ0) is 33.1. The summed E-state index contributed by atoms with van der Waals surface area (Å²) < 4.78 is 18.5. The third-order valence-electron chi connectivity index (χ3n) is 8.43. The maximum atomic E-state index is 6.21. The minimum atomic E-state index is 0.130. The summed E-state index contributed by atoms with van der Waals surface area (Å²) in [6.07, 6.45) is 1.74. The Kier molecular flexibility index (Phi) is 16.0. The molecule has 8 N–H and O–H groups in total. The van der Waals surface area contributed by atoms with Gasteiger partial charge in [-0.2, -0.15) is 0 Å². The predicted molar refractivity (Wildman–Crippen MR) is 193 cm³/mol. The van der Waals surface area contributed by atoms with Crippen LogP contribution in [0.4, 0.5) is 0 Å². The lowest BCUT2D eigenvalue weighted by Gasteiger charge is -2.26. The lowest BCUT2D eigenvalue weighted by atomic mass is 9.96. The van der Waals surface area contributed by atoms with Crippen molar-refractivity contribution in [3.8, 4) is 0 Å². The number of guanidine groups is 2. The molecule has 0 spiro atoms. The van der Waals surface area contributed by atoms with Crippen molar-refractivity contribution in [2.45, 2.75) is 19.4 Å². The fourth-order valence-corrected chi connectivity index (χ4v) is 5.92. The molecule has 3 aromatic carbocycles. The van der Waals surface area contributed by atoms with Crippen LogP contribution in [-0.4, -0.2) is 132 Å². The van der Waals surface area contributed by atoms with Gasteiger partial charge in [0.15, 0.2) is 11.9 Å². The van der Waals surface area contributed by atoms with Crippen LogP contribution in [0.2, 0.25) is 0 Å². The van der Waals surface area contributed by atoms with Crippen molar-refractivity contribution in [2.75, 3.05) is 105 Å². The molecule has 0 amide bonds. The fourth-order valence-electron chi connectivity index (χ4n) is 5.92. The third kappa shape index (κ3) is 13.3. The van der Waals surface area contributed by atoms with E-state index in [9.17, 15) is 0 Å². The lowest BCUT2D eigenvalue weighted by Crippen LogP contribution is -2.36. The van der Waals surface area contributed by atoms with Crippen LogP contribution in [0.3, 0.4) is 0 Å². The van der Waals surface area contributed by atoms with E-state index in [0.29, 0.717) is 52.7 Å². The number of aliphatic imine (C=N–C) groups is 2. The molecule has 0 saturated carbocycles. The molecular formula is C35H55N9O3. The Morgan fingerprint density at radius 1 is 0.553 bits per heavy atom. The Morgan fingerprint density at radius 3 is 1.34 bits per heavy atom. The normalized spacial score (nSPS) is 17.6. The molecular weight excluding hydrogens is 594 g/mol. The quantitative estimate of drug-likeness (QED) is 0.110. The number of nitrogens with two attached hydrogens (primary N) is 4. The first-order valence-corrected chi connectivity index (χ1v) is 16.9. The van der Waals surface area contributed by atoms with Gasteiger partial charge in [-0.3, -0.25) is 24.7 Å². The topological polar surface area (TPSA) is 166 Å². The van der Waals surface area contributed by atoms with Gasteiger partial charge in [0.2, 0.25) is 0 Å². The van der Waals surface area contributed by atoms with E-state index in [0.717, 1.165) is 71.7 Å². The Labute approximate surface area is 279 Å². The molecule has 12 heteroatoms. The molecule has 3 aromatic rings. The van der Waals surface area contributed by atoms with Crippen LogP contribution in [0.25, 0.3) is 21.5 Å². The second-order valence-corrected chi connectivity index (χ2v) is 11.9. The highest BCUT2D eigenvalue weighted by Gasteiger charge is 2.14. The maximum absolute atomic E-state index is 6.21. The van der Waals surface area contributed by atoms with Gasteiger partial charge < -0.3 is 37.1 Å². The molecule has 0 unspecified atom stereocenters. The second-order valence-electron chi connectivity index (χ2n) is 11.9. The number of nitrogens with zero attached hydrogens (tertiary/aromatic N) is 5. The summed E-state index contributed by atoms with van der Waals surface area (Å²) in [6, 6.07) is 19.6. The van der Waals surface area contributed by atoms with Gasteiger partial charge in [-0.25, -0.2) is 0 Å². The van der Waals surface area contributed by atoms with Crippen LogP contribution in [0.1, 0.15) is 18.4 Å². The number of hydrogen-bond donors (Lipinski definition) is 4. The van der Waals surface area contributed by atoms with Gasteiger partial charge in [0, 0.05) is 72.0 Å². The summed E-state index contributed by atoms with van der Waals surface area (Å²) in [5, 5.41) is 5.11. The van der Waals surface area contributed by atoms with Crippen molar-refractivity contribution < 1.29 is 14.2 Å². The highest BCUT2D eigenvalue weighted by atomic mass is 16.5. The van der Waals surface area contributed by atoms with Gasteiger partial charge in [-0.05, 0) is 46.0 Å². The number of fused-ring (bicyclic) bond motifs is 2. The predicted octanol–water partition coefficient (Wildman–Crippen LogP) is 1.79. The van der Waals surface area contributed by atoms with E-state index in [1.165, 1.54) is 27.1 Å². The lowest BCUT2D eigenvalue weighted by molar-refractivity contribution is 0.0367. The van der Waals surface area contributed by atoms with E-state index < -0.39 is 0 Å². The Hall–Kier alpha value is -3.52. The van der Waals surface area contributed by atoms with Crippen molar-refractivity contribution in [3.05, 3.63) is 60.2 Å². The van der Waals surface area contributed by atoms with Gasteiger partial charge in [0.25, 0.3) is 0 Å². The van der Waals surface area contributed by atoms with Crippen LogP contribution in [-0.2, 0) is 20.8 Å². The highest BCUT2D eigenvalue weighted by molar-refractivity contribution is 6.02. The molecule has 0 radical (unpaired) electrons. The van der Waals surface area contributed by atoms with E-state index in [1.807, 2.05) is 0 Å². The van der Waals surface area contributed by atoms with E-state index in [4.69, 9.17) is 37.1 Å². The second kappa shape index (κ2) is 20.7. The molecule has 0 bridgehead atoms. The third-order valence-corrected chi connectivity index (χ3v) is 8.43. The standard InChI is InChI=1S/C35H55N9O3/c36-34(37)40-11-5-13-42-15-21-45-22-16-43(14-6-12-41-35(38)39)18-24-47-26-20-44(19-25-46-23-17-42)28-33-31-9-3-1-7-29(31)27-30-8-2-4-10-32(30)33/h1-4,7-10,27H,5-6,11-26,28H2,(H4,36,37,40)(H4,38,39,41). The molecule has 0 atom stereocenters. The highest BCUT2D eigenvalue weighted by Crippen LogP contribution is 2.29. The van der Waals surface area contributed by atoms with Crippen LogP contribution >= 0.6 is 0 Å². The molecule has 1 aliphatic heterocycles. The molecule has 0 aromatic heterocycles. The van der Waals surface area contributed by atoms with Crippen LogP contribution in [0.15, 0.2) is 64.6 Å². The van der Waals surface area contributed by atoms with Crippen molar-refractivity contribution in [2.24, 2.45) is 32.9 Å². The summed E-state index contributed by atoms with van der Waals surface area (Å²) in [5.74, 6) is 0.261. The fraction of sp³-hybridized carbons (Fsp3) is 0.543. The summed E-state index contributed by atoms with van der Waals surface area (Å²) in [7, 11) is 0. The average molecular weight is 650 g/mol. The zero-order valence-corrected chi connectivity index (χ0v) is 27.9. The molecule has 1 saturated heterocycles. The van der Waals surface area contributed by atoms with Crippen LogP contribution < -0.4 is 22.9 Å². The summed E-state index contributed by atoms with van der Waals surface area (Å²) in [6.45, 7) is 12.5. The Bertz CT molecular complexity index is 1300. The Balaban J connectivity index is 1.43. The molecule has 1 heterocycles. The SMILES string of the molecule is NC(N)=NCCCN1CCOCCN(CCCN=C(N)N)CCOCCN(Cc2c3ccccc3cc3ccccc23)CCOCC1. The average Bonchev–Trinajstić information content (AvgIpc) is 3.06. The molecule has 258 valence electrons. The summed E-state index contributed by atoms with van der Waals surface area (Å²) in [4.78, 5) is 15.5. The van der Waals surface area contributed by atoms with Gasteiger partial charge in [0.1, 0.15) is 0 Å². The van der Waals surface area contributed by atoms with E-state index in [1.54, 1.807) is 0 Å². The smallest absolute Gasteiger partial charge is 0.185 e. The molecule has 47 heavy (non-hydrogen) atoms. The number of hydrogen-bond acceptors (Lipinski definition) is 8. The van der Waals surface area contributed by atoms with Crippen LogP contribution in [0, 0.1) is 0 Å². The van der Waals surface area contributed by atoms with Gasteiger partial charge >= 0.3 is 0 Å². The first kappa shape index (κ1) is 36.3. The van der Waals surface area contributed by atoms with Crippen molar-refractivity contribution in [1.82, 2.24) is 14.7 Å². The minimum absolute atomic E-state index is 0.130. The molecule has 1 fully saturated rings. The van der Waals surface area contributed by atoms with E-state index >= 15 is 0 Å². The van der Waals surface area contributed by atoms with Crippen molar-refractivity contribution >= 4 is 33.5 Å². The Morgan fingerprint density at radius 2 is 0.936 bits per heavy atom. The van der Waals surface area contributed by atoms with Gasteiger partial charge in [-0.15, -0.1) is 0 Å².